The highest BCUT2D eigenvalue weighted by Crippen LogP contribution is 2.37. The molecule has 0 radical (unpaired) electrons. The molecule has 0 unspecified atom stereocenters. The zero-order valence-corrected chi connectivity index (χ0v) is 21.0. The van der Waals surface area contributed by atoms with E-state index in [9.17, 15) is 18.0 Å². The topological polar surface area (TPSA) is 122 Å². The van der Waals surface area contributed by atoms with E-state index in [2.05, 4.69) is 15.3 Å². The number of benzene rings is 2. The Kier molecular flexibility index (Phi) is 7.44. The number of alkyl halides is 3. The number of halogens is 3. The van der Waals surface area contributed by atoms with Gasteiger partial charge in [-0.3, -0.25) is 4.79 Å². The Hall–Kier alpha value is -4.32. The number of nitrogens with one attached hydrogen (secondary N) is 1. The Balaban J connectivity index is 1.72. The number of hydrogen-bond acceptors (Lipinski definition) is 8. The van der Waals surface area contributed by atoms with Crippen LogP contribution in [0.2, 0.25) is 0 Å². The van der Waals surface area contributed by atoms with Gasteiger partial charge in [0, 0.05) is 23.1 Å². The number of oxazole rings is 1. The van der Waals surface area contributed by atoms with Crippen molar-refractivity contribution in [2.75, 3.05) is 21.3 Å². The molecule has 4 aromatic rings. The summed E-state index contributed by atoms with van der Waals surface area (Å²) in [4.78, 5) is 21.3. The summed E-state index contributed by atoms with van der Waals surface area (Å²) in [5.41, 5.74) is 5.88. The highest BCUT2D eigenvalue weighted by Gasteiger charge is 2.33. The lowest BCUT2D eigenvalue weighted by Crippen LogP contribution is -2.25. The SMILES string of the molecule is COc1cccc(CNC(=O)c2nc(-c3ccc(OC)c4nc(C(F)(F)F)ccc34)oc2[C@H](C)N)c1OC. The normalized spacial score (nSPS) is 12.3. The van der Waals surface area contributed by atoms with Gasteiger partial charge in [0.05, 0.1) is 27.4 Å². The predicted octanol–water partition coefficient (Wildman–Crippen LogP) is 4.88. The summed E-state index contributed by atoms with van der Waals surface area (Å²) in [5, 5.41) is 3.07. The molecule has 2 heterocycles. The molecule has 0 aliphatic rings. The van der Waals surface area contributed by atoms with E-state index >= 15 is 0 Å². The average molecular weight is 531 g/mol. The molecule has 4 rings (SSSR count). The molecule has 0 saturated carbocycles. The minimum atomic E-state index is -4.64. The van der Waals surface area contributed by atoms with E-state index in [1.54, 1.807) is 31.2 Å². The molecule has 0 fully saturated rings. The van der Waals surface area contributed by atoms with Crippen LogP contribution in [0.1, 0.15) is 40.5 Å². The third-order valence-electron chi connectivity index (χ3n) is 5.77. The van der Waals surface area contributed by atoms with Crippen LogP contribution in [0.5, 0.6) is 17.2 Å². The quantitative estimate of drug-likeness (QED) is 0.331. The fourth-order valence-electron chi connectivity index (χ4n) is 3.97. The Labute approximate surface area is 215 Å². The van der Waals surface area contributed by atoms with Crippen LogP contribution in [-0.4, -0.2) is 37.2 Å². The summed E-state index contributed by atoms with van der Waals surface area (Å²) < 4.78 is 61.6. The number of ether oxygens (including phenoxy) is 3. The van der Waals surface area contributed by atoms with Crippen LogP contribution in [0.3, 0.4) is 0 Å². The highest BCUT2D eigenvalue weighted by molar-refractivity contribution is 5.98. The van der Waals surface area contributed by atoms with Gasteiger partial charge in [-0.25, -0.2) is 9.97 Å². The molecule has 3 N–H and O–H groups in total. The van der Waals surface area contributed by atoms with Crippen molar-refractivity contribution < 1.29 is 36.6 Å². The smallest absolute Gasteiger partial charge is 0.433 e. The summed E-state index contributed by atoms with van der Waals surface area (Å²) in [6, 6.07) is 9.69. The van der Waals surface area contributed by atoms with Gasteiger partial charge in [-0.15, -0.1) is 0 Å². The maximum Gasteiger partial charge on any atom is 0.433 e. The fourth-order valence-corrected chi connectivity index (χ4v) is 3.97. The molecule has 2 aromatic carbocycles. The van der Waals surface area contributed by atoms with Gasteiger partial charge in [-0.2, -0.15) is 13.2 Å². The van der Waals surface area contributed by atoms with Gasteiger partial charge in [-0.1, -0.05) is 12.1 Å². The maximum absolute atomic E-state index is 13.3. The third-order valence-corrected chi connectivity index (χ3v) is 5.77. The maximum atomic E-state index is 13.3. The summed E-state index contributed by atoms with van der Waals surface area (Å²) in [5.74, 6) is 0.660. The number of hydrogen-bond donors (Lipinski definition) is 2. The molecule has 0 bridgehead atoms. The molecule has 0 saturated heterocycles. The van der Waals surface area contributed by atoms with Crippen LogP contribution in [0.25, 0.3) is 22.4 Å². The second-order valence-corrected chi connectivity index (χ2v) is 8.26. The van der Waals surface area contributed by atoms with Crippen LogP contribution in [0.4, 0.5) is 13.2 Å². The molecule has 12 heteroatoms. The molecule has 0 aliphatic carbocycles. The Morgan fingerprint density at radius 1 is 1.03 bits per heavy atom. The first-order valence-electron chi connectivity index (χ1n) is 11.4. The Bertz CT molecular complexity index is 1480. The molecule has 2 aromatic heterocycles. The van der Waals surface area contributed by atoms with E-state index in [-0.39, 0.29) is 35.2 Å². The van der Waals surface area contributed by atoms with Gasteiger partial charge in [0.2, 0.25) is 5.89 Å². The van der Waals surface area contributed by atoms with Gasteiger partial charge in [0.15, 0.2) is 23.0 Å². The number of rotatable bonds is 8. The lowest BCUT2D eigenvalue weighted by Gasteiger charge is -2.13. The average Bonchev–Trinajstić information content (AvgIpc) is 3.35. The Morgan fingerprint density at radius 2 is 1.76 bits per heavy atom. The second kappa shape index (κ2) is 10.6. The standard InChI is InChI=1S/C26H25F3N4O5/c1-13(30)22-21(24(34)31-12-14-6-5-7-18(36-3)23(14)37-4)33-25(38-22)16-8-10-17(35-2)20-15(16)9-11-19(32-20)26(27,28)29/h5-11,13H,12,30H2,1-4H3,(H,31,34)/t13-/m0/s1. The van der Waals surface area contributed by atoms with Gasteiger partial charge in [-0.05, 0) is 37.3 Å². The van der Waals surface area contributed by atoms with Crippen molar-refractivity contribution in [2.45, 2.75) is 25.7 Å². The zero-order chi connectivity index (χ0) is 27.6. The minimum Gasteiger partial charge on any atom is -0.494 e. The number of nitrogens with two attached hydrogens (primary N) is 1. The Morgan fingerprint density at radius 3 is 2.39 bits per heavy atom. The van der Waals surface area contributed by atoms with Crippen LogP contribution in [0.15, 0.2) is 46.9 Å². The second-order valence-electron chi connectivity index (χ2n) is 8.26. The van der Waals surface area contributed by atoms with Crippen LogP contribution in [0, 0.1) is 0 Å². The van der Waals surface area contributed by atoms with Gasteiger partial charge in [0.1, 0.15) is 17.0 Å². The van der Waals surface area contributed by atoms with Crippen LogP contribution in [-0.2, 0) is 12.7 Å². The summed E-state index contributed by atoms with van der Waals surface area (Å²) in [6.45, 7) is 1.71. The first kappa shape index (κ1) is 26.7. The van der Waals surface area contributed by atoms with E-state index in [1.807, 2.05) is 0 Å². The molecule has 0 aliphatic heterocycles. The number of pyridine rings is 1. The van der Waals surface area contributed by atoms with Crippen LogP contribution < -0.4 is 25.3 Å². The molecular weight excluding hydrogens is 505 g/mol. The van der Waals surface area contributed by atoms with E-state index in [0.717, 1.165) is 6.07 Å². The summed E-state index contributed by atoms with van der Waals surface area (Å²) in [6.07, 6.45) is -4.64. The fraction of sp³-hybridized carbons (Fsp3) is 0.269. The molecular formula is C26H25F3N4O5. The number of para-hydroxylation sites is 1. The van der Waals surface area contributed by atoms with Crippen molar-refractivity contribution in [1.29, 1.82) is 0 Å². The molecule has 1 atom stereocenters. The van der Waals surface area contributed by atoms with Crippen molar-refractivity contribution in [3.8, 4) is 28.7 Å². The van der Waals surface area contributed by atoms with Gasteiger partial charge < -0.3 is 29.7 Å². The first-order chi connectivity index (χ1) is 18.1. The molecule has 38 heavy (non-hydrogen) atoms. The first-order valence-corrected chi connectivity index (χ1v) is 11.4. The number of carbonyl (C=O) groups excluding carboxylic acids is 1. The lowest BCUT2D eigenvalue weighted by molar-refractivity contribution is -0.140. The number of nitrogens with zero attached hydrogens (tertiary/aromatic N) is 2. The van der Waals surface area contributed by atoms with Crippen molar-refractivity contribution in [2.24, 2.45) is 5.73 Å². The molecule has 0 spiro atoms. The monoisotopic (exact) mass is 530 g/mol. The van der Waals surface area contributed by atoms with E-state index in [4.69, 9.17) is 24.4 Å². The van der Waals surface area contributed by atoms with E-state index in [1.165, 1.54) is 33.5 Å². The number of amides is 1. The van der Waals surface area contributed by atoms with E-state index < -0.39 is 23.8 Å². The molecule has 1 amide bonds. The highest BCUT2D eigenvalue weighted by atomic mass is 19.4. The lowest BCUT2D eigenvalue weighted by atomic mass is 10.1. The molecule has 200 valence electrons. The van der Waals surface area contributed by atoms with Crippen molar-refractivity contribution in [3.63, 3.8) is 0 Å². The number of aromatic nitrogens is 2. The summed E-state index contributed by atoms with van der Waals surface area (Å²) in [7, 11) is 4.33. The molecule has 9 nitrogen and oxygen atoms in total. The largest absolute Gasteiger partial charge is 0.494 e. The number of methoxy groups -OCH3 is 3. The van der Waals surface area contributed by atoms with Crippen LogP contribution >= 0.6 is 0 Å². The van der Waals surface area contributed by atoms with Crippen molar-refractivity contribution in [1.82, 2.24) is 15.3 Å². The number of carbonyl (C=O) groups is 1. The minimum absolute atomic E-state index is 0.00405. The summed E-state index contributed by atoms with van der Waals surface area (Å²) >= 11 is 0. The zero-order valence-electron chi connectivity index (χ0n) is 21.0. The predicted molar refractivity (Wildman–Crippen MR) is 132 cm³/mol. The van der Waals surface area contributed by atoms with Gasteiger partial charge >= 0.3 is 6.18 Å². The third kappa shape index (κ3) is 5.07. The number of fused-ring (bicyclic) bond motifs is 1. The van der Waals surface area contributed by atoms with E-state index in [0.29, 0.717) is 28.0 Å². The van der Waals surface area contributed by atoms with Crippen molar-refractivity contribution in [3.05, 3.63) is 65.2 Å². The van der Waals surface area contributed by atoms with Crippen molar-refractivity contribution >= 4 is 16.8 Å². The van der Waals surface area contributed by atoms with Gasteiger partial charge in [0.25, 0.3) is 5.91 Å².